The van der Waals surface area contributed by atoms with Gasteiger partial charge >= 0.3 is 0 Å². The molecule has 0 saturated heterocycles. The Morgan fingerprint density at radius 1 is 1.22 bits per heavy atom. The summed E-state index contributed by atoms with van der Waals surface area (Å²) in [6, 6.07) is 14.2. The zero-order chi connectivity index (χ0) is 13.0. The van der Waals surface area contributed by atoms with E-state index < -0.39 is 0 Å². The number of rotatable bonds is 2. The van der Waals surface area contributed by atoms with Crippen molar-refractivity contribution in [2.24, 2.45) is 4.99 Å². The maximum Gasteiger partial charge on any atom is 0.124 e. The van der Waals surface area contributed by atoms with Gasteiger partial charge in [-0.3, -0.25) is 4.99 Å². The van der Waals surface area contributed by atoms with E-state index in [1.165, 1.54) is 6.21 Å². The highest BCUT2D eigenvalue weighted by atomic mass is 79.9. The quantitative estimate of drug-likeness (QED) is 0.858. The first-order valence-corrected chi connectivity index (χ1v) is 6.02. The van der Waals surface area contributed by atoms with E-state index in [9.17, 15) is 5.11 Å². The minimum absolute atomic E-state index is 0.149. The van der Waals surface area contributed by atoms with E-state index in [1.807, 2.05) is 6.07 Å². The molecule has 1 N–H and O–H groups in total. The number of benzene rings is 2. The highest BCUT2D eigenvalue weighted by molar-refractivity contribution is 9.10. The molecule has 0 heterocycles. The maximum atomic E-state index is 9.66. The Hall–Kier alpha value is -2.12. The Bertz CT molecular complexity index is 644. The minimum Gasteiger partial charge on any atom is -0.507 e. The number of para-hydroxylation sites is 1. The molecule has 0 radical (unpaired) electrons. The summed E-state index contributed by atoms with van der Waals surface area (Å²) in [5.41, 5.74) is 1.68. The van der Waals surface area contributed by atoms with Crippen LogP contribution < -0.4 is 0 Å². The molecular weight excluding hydrogens is 292 g/mol. The molecule has 0 saturated carbocycles. The van der Waals surface area contributed by atoms with Crippen LogP contribution in [-0.2, 0) is 0 Å². The maximum absolute atomic E-state index is 9.66. The monoisotopic (exact) mass is 300 g/mol. The number of phenols is 1. The fourth-order valence-electron chi connectivity index (χ4n) is 1.45. The zero-order valence-electron chi connectivity index (χ0n) is 9.34. The second kappa shape index (κ2) is 5.48. The molecular formula is C14H9BrN2O. The summed E-state index contributed by atoms with van der Waals surface area (Å²) in [4.78, 5) is 4.22. The van der Waals surface area contributed by atoms with Crippen LogP contribution in [0.5, 0.6) is 5.75 Å². The van der Waals surface area contributed by atoms with E-state index in [0.717, 1.165) is 4.47 Å². The van der Waals surface area contributed by atoms with Crippen molar-refractivity contribution in [1.29, 1.82) is 5.26 Å². The van der Waals surface area contributed by atoms with Crippen LogP contribution >= 0.6 is 15.9 Å². The number of aliphatic imine (C=N–C) groups is 1. The van der Waals surface area contributed by atoms with E-state index in [2.05, 4.69) is 27.0 Å². The van der Waals surface area contributed by atoms with Gasteiger partial charge in [0, 0.05) is 16.3 Å². The standard InChI is InChI=1S/C14H9BrN2O/c15-12-5-6-14(18)11(7-12)9-17-13-4-2-1-3-10(13)8-16/h1-7,9,18H. The van der Waals surface area contributed by atoms with Crippen molar-refractivity contribution in [3.8, 4) is 11.8 Å². The summed E-state index contributed by atoms with van der Waals surface area (Å²) in [7, 11) is 0. The average Bonchev–Trinajstić information content (AvgIpc) is 2.40. The Morgan fingerprint density at radius 2 is 2.00 bits per heavy atom. The van der Waals surface area contributed by atoms with E-state index in [1.54, 1.807) is 36.4 Å². The third-order valence-electron chi connectivity index (χ3n) is 2.36. The second-order valence-electron chi connectivity index (χ2n) is 3.59. The number of nitrogens with zero attached hydrogens (tertiary/aromatic N) is 2. The largest absolute Gasteiger partial charge is 0.507 e. The van der Waals surface area contributed by atoms with Crippen molar-refractivity contribution < 1.29 is 5.11 Å². The molecule has 0 aliphatic rings. The number of aromatic hydroxyl groups is 1. The van der Waals surface area contributed by atoms with Crippen LogP contribution in [0.25, 0.3) is 0 Å². The lowest BCUT2D eigenvalue weighted by Crippen LogP contribution is -1.83. The number of halogens is 1. The van der Waals surface area contributed by atoms with Gasteiger partial charge in [-0.15, -0.1) is 0 Å². The van der Waals surface area contributed by atoms with Gasteiger partial charge in [0.1, 0.15) is 11.8 Å². The van der Waals surface area contributed by atoms with Crippen LogP contribution in [0.4, 0.5) is 5.69 Å². The molecule has 2 aromatic rings. The third-order valence-corrected chi connectivity index (χ3v) is 2.85. The van der Waals surface area contributed by atoms with Crippen molar-refractivity contribution in [3.05, 3.63) is 58.1 Å². The molecule has 0 aliphatic carbocycles. The summed E-state index contributed by atoms with van der Waals surface area (Å²) in [5, 5.41) is 18.6. The zero-order valence-corrected chi connectivity index (χ0v) is 10.9. The normalized spacial score (nSPS) is 10.4. The molecule has 2 rings (SSSR count). The van der Waals surface area contributed by atoms with E-state index in [4.69, 9.17) is 5.26 Å². The Morgan fingerprint density at radius 3 is 2.78 bits per heavy atom. The summed E-state index contributed by atoms with van der Waals surface area (Å²) in [6.07, 6.45) is 1.54. The predicted molar refractivity (Wildman–Crippen MR) is 74.2 cm³/mol. The number of hydrogen-bond donors (Lipinski definition) is 1. The molecule has 0 spiro atoms. The second-order valence-corrected chi connectivity index (χ2v) is 4.51. The number of nitriles is 1. The van der Waals surface area contributed by atoms with Gasteiger partial charge in [-0.1, -0.05) is 28.1 Å². The van der Waals surface area contributed by atoms with Gasteiger partial charge in [-0.2, -0.15) is 5.26 Å². The van der Waals surface area contributed by atoms with Crippen LogP contribution in [0.1, 0.15) is 11.1 Å². The molecule has 0 aromatic heterocycles. The fourth-order valence-corrected chi connectivity index (χ4v) is 1.83. The van der Waals surface area contributed by atoms with Crippen LogP contribution in [-0.4, -0.2) is 11.3 Å². The van der Waals surface area contributed by atoms with Crippen LogP contribution in [0.3, 0.4) is 0 Å². The number of hydrogen-bond acceptors (Lipinski definition) is 3. The topological polar surface area (TPSA) is 56.4 Å². The first-order valence-electron chi connectivity index (χ1n) is 5.22. The van der Waals surface area contributed by atoms with Crippen LogP contribution in [0, 0.1) is 11.3 Å². The molecule has 2 aromatic carbocycles. The highest BCUT2D eigenvalue weighted by Crippen LogP contribution is 2.22. The predicted octanol–water partition coefficient (Wildman–Crippen LogP) is 3.78. The average molecular weight is 301 g/mol. The molecule has 3 nitrogen and oxygen atoms in total. The molecule has 0 bridgehead atoms. The van der Waals surface area contributed by atoms with Gasteiger partial charge in [0.05, 0.1) is 11.3 Å². The molecule has 4 heteroatoms. The van der Waals surface area contributed by atoms with Crippen molar-refractivity contribution >= 4 is 27.8 Å². The van der Waals surface area contributed by atoms with Crippen LogP contribution in [0.2, 0.25) is 0 Å². The van der Waals surface area contributed by atoms with Gasteiger partial charge in [0.2, 0.25) is 0 Å². The summed E-state index contributed by atoms with van der Waals surface area (Å²) in [6.45, 7) is 0. The molecule has 0 amide bonds. The van der Waals surface area contributed by atoms with Crippen molar-refractivity contribution in [2.75, 3.05) is 0 Å². The van der Waals surface area contributed by atoms with Gasteiger partial charge in [0.25, 0.3) is 0 Å². The minimum atomic E-state index is 0.149. The first kappa shape index (κ1) is 12.3. The lowest BCUT2D eigenvalue weighted by atomic mass is 10.2. The first-order chi connectivity index (χ1) is 8.70. The molecule has 0 aliphatic heterocycles. The van der Waals surface area contributed by atoms with Gasteiger partial charge < -0.3 is 5.11 Å². The lowest BCUT2D eigenvalue weighted by molar-refractivity contribution is 0.474. The summed E-state index contributed by atoms with van der Waals surface area (Å²) in [5.74, 6) is 0.149. The SMILES string of the molecule is N#Cc1ccccc1N=Cc1cc(Br)ccc1O. The van der Waals surface area contributed by atoms with Crippen LogP contribution in [0.15, 0.2) is 51.9 Å². The molecule has 88 valence electrons. The highest BCUT2D eigenvalue weighted by Gasteiger charge is 2.00. The smallest absolute Gasteiger partial charge is 0.124 e. The third kappa shape index (κ3) is 2.76. The lowest BCUT2D eigenvalue weighted by Gasteiger charge is -2.00. The Balaban J connectivity index is 2.36. The van der Waals surface area contributed by atoms with E-state index in [0.29, 0.717) is 16.8 Å². The number of phenolic OH excluding ortho intramolecular Hbond substituents is 1. The van der Waals surface area contributed by atoms with Crippen molar-refractivity contribution in [2.45, 2.75) is 0 Å². The van der Waals surface area contributed by atoms with Crippen molar-refractivity contribution in [3.63, 3.8) is 0 Å². The van der Waals surface area contributed by atoms with Gasteiger partial charge in [0.15, 0.2) is 0 Å². The summed E-state index contributed by atoms with van der Waals surface area (Å²) < 4.78 is 0.857. The molecule has 18 heavy (non-hydrogen) atoms. The fraction of sp³-hybridized carbons (Fsp3) is 0. The van der Waals surface area contributed by atoms with E-state index in [-0.39, 0.29) is 5.75 Å². The van der Waals surface area contributed by atoms with Crippen molar-refractivity contribution in [1.82, 2.24) is 0 Å². The molecule has 0 atom stereocenters. The van der Waals surface area contributed by atoms with Gasteiger partial charge in [-0.25, -0.2) is 0 Å². The molecule has 0 fully saturated rings. The van der Waals surface area contributed by atoms with E-state index >= 15 is 0 Å². The summed E-state index contributed by atoms with van der Waals surface area (Å²) >= 11 is 3.33. The van der Waals surface area contributed by atoms with Gasteiger partial charge in [-0.05, 0) is 30.3 Å². The Labute approximate surface area is 113 Å². The Kier molecular flexibility index (Phi) is 3.75. The molecule has 0 unspecified atom stereocenters.